The normalized spacial score (nSPS) is 11.5. The molecule has 7 nitrogen and oxygen atoms in total. The monoisotopic (exact) mass is 403 g/mol. The molecule has 0 saturated heterocycles. The lowest BCUT2D eigenvalue weighted by Gasteiger charge is -2.15. The molecular formula is C22H33N3O4. The molecule has 0 atom stereocenters. The lowest BCUT2D eigenvalue weighted by Crippen LogP contribution is -2.37. The molecule has 2 aromatic rings. The van der Waals surface area contributed by atoms with Crippen molar-refractivity contribution in [2.75, 3.05) is 40.5 Å². The summed E-state index contributed by atoms with van der Waals surface area (Å²) in [6.07, 6.45) is 3.39. The van der Waals surface area contributed by atoms with Gasteiger partial charge in [-0.05, 0) is 37.1 Å². The minimum atomic E-state index is 0.501. The number of methoxy groups -OCH3 is 1. The van der Waals surface area contributed by atoms with E-state index in [1.54, 1.807) is 20.4 Å². The van der Waals surface area contributed by atoms with Crippen LogP contribution in [0, 0.1) is 6.92 Å². The number of rotatable bonds is 13. The lowest BCUT2D eigenvalue weighted by molar-refractivity contribution is 0.105. The van der Waals surface area contributed by atoms with Gasteiger partial charge in [0.1, 0.15) is 18.1 Å². The van der Waals surface area contributed by atoms with E-state index in [0.717, 1.165) is 42.4 Å². The van der Waals surface area contributed by atoms with E-state index in [-0.39, 0.29) is 0 Å². The first-order valence-corrected chi connectivity index (χ1v) is 9.99. The van der Waals surface area contributed by atoms with Gasteiger partial charge in [-0.25, -0.2) is 0 Å². The van der Waals surface area contributed by atoms with Crippen LogP contribution in [-0.2, 0) is 22.6 Å². The third-order valence-electron chi connectivity index (χ3n) is 4.23. The Labute approximate surface area is 173 Å². The molecule has 1 aromatic carbocycles. The number of nitrogens with zero attached hydrogens (tertiary/aromatic N) is 1. The lowest BCUT2D eigenvalue weighted by atomic mass is 10.1. The number of ether oxygens (including phenoxy) is 3. The Kier molecular flexibility index (Phi) is 10.7. The second-order valence-electron chi connectivity index (χ2n) is 6.64. The van der Waals surface area contributed by atoms with Gasteiger partial charge in [0.2, 0.25) is 0 Å². The quantitative estimate of drug-likeness (QED) is 0.304. The van der Waals surface area contributed by atoms with Crippen molar-refractivity contribution in [3.8, 4) is 5.75 Å². The van der Waals surface area contributed by atoms with E-state index in [1.165, 1.54) is 5.56 Å². The van der Waals surface area contributed by atoms with E-state index in [1.807, 2.05) is 12.1 Å². The van der Waals surface area contributed by atoms with Crippen molar-refractivity contribution in [1.29, 1.82) is 0 Å². The Morgan fingerprint density at radius 2 is 2.00 bits per heavy atom. The van der Waals surface area contributed by atoms with Gasteiger partial charge in [-0.2, -0.15) is 0 Å². The van der Waals surface area contributed by atoms with E-state index in [9.17, 15) is 0 Å². The summed E-state index contributed by atoms with van der Waals surface area (Å²) in [7, 11) is 3.46. The molecule has 29 heavy (non-hydrogen) atoms. The maximum Gasteiger partial charge on any atom is 0.191 e. The summed E-state index contributed by atoms with van der Waals surface area (Å²) in [6.45, 7) is 5.95. The number of nitrogens with one attached hydrogen (secondary N) is 2. The van der Waals surface area contributed by atoms with Crippen LogP contribution in [0.25, 0.3) is 0 Å². The van der Waals surface area contributed by atoms with Crippen LogP contribution in [-0.4, -0.2) is 46.5 Å². The summed E-state index contributed by atoms with van der Waals surface area (Å²) in [6, 6.07) is 10.0. The third kappa shape index (κ3) is 9.02. The van der Waals surface area contributed by atoms with Crippen molar-refractivity contribution in [1.82, 2.24) is 10.6 Å². The molecule has 1 aromatic heterocycles. The summed E-state index contributed by atoms with van der Waals surface area (Å²) >= 11 is 0. The number of guanidine groups is 1. The molecule has 0 bridgehead atoms. The predicted octanol–water partition coefficient (Wildman–Crippen LogP) is 3.28. The molecule has 0 aliphatic heterocycles. The first-order valence-electron chi connectivity index (χ1n) is 9.99. The topological polar surface area (TPSA) is 77.3 Å². The van der Waals surface area contributed by atoms with Gasteiger partial charge in [0, 0.05) is 52.4 Å². The average Bonchev–Trinajstić information content (AvgIpc) is 3.24. The average molecular weight is 404 g/mol. The van der Waals surface area contributed by atoms with Crippen LogP contribution in [0.4, 0.5) is 0 Å². The summed E-state index contributed by atoms with van der Waals surface area (Å²) in [4.78, 5) is 4.28. The zero-order valence-corrected chi connectivity index (χ0v) is 17.7. The smallest absolute Gasteiger partial charge is 0.191 e. The van der Waals surface area contributed by atoms with Gasteiger partial charge >= 0.3 is 0 Å². The van der Waals surface area contributed by atoms with Crippen LogP contribution in [0.5, 0.6) is 5.75 Å². The second kappa shape index (κ2) is 13.6. The van der Waals surface area contributed by atoms with Gasteiger partial charge in [-0.1, -0.05) is 12.1 Å². The van der Waals surface area contributed by atoms with E-state index in [2.05, 4.69) is 40.7 Å². The number of furan rings is 1. The number of aryl methyl sites for hydroxylation is 1. The van der Waals surface area contributed by atoms with Gasteiger partial charge in [-0.15, -0.1) is 0 Å². The molecule has 2 rings (SSSR count). The summed E-state index contributed by atoms with van der Waals surface area (Å²) < 4.78 is 21.8. The fraction of sp³-hybridized carbons (Fsp3) is 0.500. The van der Waals surface area contributed by atoms with Crippen LogP contribution >= 0.6 is 0 Å². The molecule has 0 fully saturated rings. The summed E-state index contributed by atoms with van der Waals surface area (Å²) in [5, 5.41) is 6.64. The maximum absolute atomic E-state index is 5.94. The van der Waals surface area contributed by atoms with Crippen molar-refractivity contribution in [3.05, 3.63) is 53.5 Å². The summed E-state index contributed by atoms with van der Waals surface area (Å²) in [5.74, 6) is 2.49. The molecule has 7 heteroatoms. The zero-order chi connectivity index (χ0) is 20.7. The maximum atomic E-state index is 5.94. The van der Waals surface area contributed by atoms with Gasteiger partial charge in [0.05, 0.1) is 12.9 Å². The molecule has 0 aliphatic rings. The third-order valence-corrected chi connectivity index (χ3v) is 4.23. The Bertz CT molecular complexity index is 717. The first-order chi connectivity index (χ1) is 14.2. The van der Waals surface area contributed by atoms with Crippen molar-refractivity contribution in [3.63, 3.8) is 0 Å². The molecule has 1 heterocycles. The van der Waals surface area contributed by atoms with Crippen molar-refractivity contribution in [2.45, 2.75) is 32.9 Å². The molecule has 0 spiro atoms. The van der Waals surface area contributed by atoms with Crippen LogP contribution in [0.3, 0.4) is 0 Å². The fourth-order valence-electron chi connectivity index (χ4n) is 2.68. The van der Waals surface area contributed by atoms with Gasteiger partial charge in [0.25, 0.3) is 0 Å². The SMILES string of the molecule is CN=C(NCCCOCc1ccco1)NCc1ccc(C)cc1OCCCOC. The van der Waals surface area contributed by atoms with Crippen LogP contribution in [0.15, 0.2) is 46.0 Å². The van der Waals surface area contributed by atoms with E-state index >= 15 is 0 Å². The van der Waals surface area contributed by atoms with Crippen molar-refractivity contribution in [2.24, 2.45) is 4.99 Å². The van der Waals surface area contributed by atoms with Gasteiger partial charge < -0.3 is 29.3 Å². The Balaban J connectivity index is 1.69. The van der Waals surface area contributed by atoms with E-state index < -0.39 is 0 Å². The highest BCUT2D eigenvalue weighted by Crippen LogP contribution is 2.20. The zero-order valence-electron chi connectivity index (χ0n) is 17.7. The Morgan fingerprint density at radius 1 is 1.10 bits per heavy atom. The molecule has 0 amide bonds. The molecule has 0 unspecified atom stereocenters. The molecular weight excluding hydrogens is 370 g/mol. The minimum Gasteiger partial charge on any atom is -0.493 e. The molecule has 0 radical (unpaired) electrons. The molecule has 160 valence electrons. The van der Waals surface area contributed by atoms with Crippen molar-refractivity contribution < 1.29 is 18.6 Å². The van der Waals surface area contributed by atoms with E-state index in [4.69, 9.17) is 18.6 Å². The highest BCUT2D eigenvalue weighted by molar-refractivity contribution is 5.79. The Hall–Kier alpha value is -2.51. The number of hydrogen-bond donors (Lipinski definition) is 2. The van der Waals surface area contributed by atoms with Crippen LogP contribution < -0.4 is 15.4 Å². The van der Waals surface area contributed by atoms with Crippen molar-refractivity contribution >= 4 is 5.96 Å². The minimum absolute atomic E-state index is 0.501. The van der Waals surface area contributed by atoms with E-state index in [0.29, 0.717) is 33.0 Å². The largest absolute Gasteiger partial charge is 0.493 e. The Morgan fingerprint density at radius 3 is 2.76 bits per heavy atom. The first kappa shape index (κ1) is 22.8. The standard InChI is InChI=1S/C22H33N3O4/c1-18-8-9-19(21(15-18)29-14-6-11-26-3)16-25-22(23-2)24-10-5-12-27-17-20-7-4-13-28-20/h4,7-9,13,15H,5-6,10-12,14,16-17H2,1-3H3,(H2,23,24,25). The number of aliphatic imine (C=N–C) groups is 1. The number of benzene rings is 1. The van der Waals surface area contributed by atoms with Gasteiger partial charge in [-0.3, -0.25) is 4.99 Å². The molecule has 0 saturated carbocycles. The van der Waals surface area contributed by atoms with Gasteiger partial charge in [0.15, 0.2) is 5.96 Å². The second-order valence-corrected chi connectivity index (χ2v) is 6.64. The predicted molar refractivity (Wildman–Crippen MR) is 114 cm³/mol. The number of hydrogen-bond acceptors (Lipinski definition) is 5. The summed E-state index contributed by atoms with van der Waals surface area (Å²) in [5.41, 5.74) is 2.27. The fourth-order valence-corrected chi connectivity index (χ4v) is 2.68. The molecule has 2 N–H and O–H groups in total. The highest BCUT2D eigenvalue weighted by atomic mass is 16.5. The highest BCUT2D eigenvalue weighted by Gasteiger charge is 2.06. The van der Waals surface area contributed by atoms with Crippen LogP contribution in [0.1, 0.15) is 29.7 Å². The molecule has 0 aliphatic carbocycles. The van der Waals surface area contributed by atoms with Crippen LogP contribution in [0.2, 0.25) is 0 Å².